The first kappa shape index (κ1) is 15.4. The number of benzene rings is 1. The van der Waals surface area contributed by atoms with Gasteiger partial charge in [-0.3, -0.25) is 9.20 Å². The summed E-state index contributed by atoms with van der Waals surface area (Å²) in [7, 11) is 0. The lowest BCUT2D eigenvalue weighted by molar-refractivity contribution is -0.117. The van der Waals surface area contributed by atoms with Crippen LogP contribution in [-0.2, 0) is 4.79 Å². The molecule has 0 aliphatic carbocycles. The van der Waals surface area contributed by atoms with Crippen LogP contribution in [0.3, 0.4) is 0 Å². The third-order valence-electron chi connectivity index (χ3n) is 4.49. The Bertz CT molecular complexity index is 802. The predicted octanol–water partition coefficient (Wildman–Crippen LogP) is 3.39. The van der Waals surface area contributed by atoms with Crippen LogP contribution < -0.4 is 10.6 Å². The molecule has 24 heavy (non-hydrogen) atoms. The molecule has 3 aromatic rings. The third-order valence-corrected chi connectivity index (χ3v) is 5.26. The van der Waals surface area contributed by atoms with Gasteiger partial charge in [0.05, 0.1) is 5.69 Å². The molecule has 0 atom stereocenters. The highest BCUT2D eigenvalue weighted by Gasteiger charge is 2.16. The highest BCUT2D eigenvalue weighted by Crippen LogP contribution is 2.23. The molecule has 6 heteroatoms. The van der Waals surface area contributed by atoms with Gasteiger partial charge in [0, 0.05) is 35.4 Å². The van der Waals surface area contributed by atoms with Crippen LogP contribution in [0.2, 0.25) is 0 Å². The van der Waals surface area contributed by atoms with Crippen molar-refractivity contribution in [1.82, 2.24) is 14.7 Å². The fraction of sp³-hybridized carbons (Fsp3) is 0.333. The highest BCUT2D eigenvalue weighted by atomic mass is 32.1. The van der Waals surface area contributed by atoms with Crippen molar-refractivity contribution in [2.75, 3.05) is 18.4 Å². The van der Waals surface area contributed by atoms with E-state index in [1.165, 1.54) is 0 Å². The summed E-state index contributed by atoms with van der Waals surface area (Å²) in [4.78, 5) is 17.8. The molecule has 3 heterocycles. The molecule has 1 amide bonds. The minimum atomic E-state index is 0.108. The van der Waals surface area contributed by atoms with E-state index < -0.39 is 0 Å². The second-order valence-electron chi connectivity index (χ2n) is 6.24. The quantitative estimate of drug-likeness (QED) is 0.765. The Balaban J connectivity index is 1.39. The van der Waals surface area contributed by atoms with Crippen molar-refractivity contribution in [2.24, 2.45) is 5.92 Å². The Morgan fingerprint density at radius 1 is 1.29 bits per heavy atom. The molecule has 1 fully saturated rings. The highest BCUT2D eigenvalue weighted by molar-refractivity contribution is 7.15. The molecule has 1 saturated heterocycles. The van der Waals surface area contributed by atoms with Gasteiger partial charge in [-0.05, 0) is 44.0 Å². The molecule has 124 valence electrons. The van der Waals surface area contributed by atoms with Crippen LogP contribution in [0.15, 0.2) is 42.0 Å². The summed E-state index contributed by atoms with van der Waals surface area (Å²) in [6.07, 6.45) is 6.82. The number of imidazole rings is 1. The molecule has 1 aliphatic rings. The zero-order chi connectivity index (χ0) is 16.4. The van der Waals surface area contributed by atoms with Crippen molar-refractivity contribution in [1.29, 1.82) is 0 Å². The normalized spacial score (nSPS) is 15.7. The molecule has 0 bridgehead atoms. The van der Waals surface area contributed by atoms with E-state index in [2.05, 4.69) is 15.6 Å². The average Bonchev–Trinajstić information content (AvgIpc) is 3.18. The number of thiazole rings is 1. The summed E-state index contributed by atoms with van der Waals surface area (Å²) in [5.41, 5.74) is 2.86. The van der Waals surface area contributed by atoms with E-state index in [4.69, 9.17) is 0 Å². The average molecular weight is 340 g/mol. The van der Waals surface area contributed by atoms with E-state index in [-0.39, 0.29) is 5.91 Å². The lowest BCUT2D eigenvalue weighted by Crippen LogP contribution is -2.30. The summed E-state index contributed by atoms with van der Waals surface area (Å²) in [6, 6.07) is 7.91. The first-order chi connectivity index (χ1) is 11.8. The number of anilines is 1. The maximum absolute atomic E-state index is 12.2. The number of hydrogen-bond donors (Lipinski definition) is 2. The van der Waals surface area contributed by atoms with Gasteiger partial charge in [0.1, 0.15) is 0 Å². The van der Waals surface area contributed by atoms with Crippen LogP contribution in [0.1, 0.15) is 19.3 Å². The number of hydrogen-bond acceptors (Lipinski definition) is 4. The molecule has 0 spiro atoms. The van der Waals surface area contributed by atoms with Gasteiger partial charge >= 0.3 is 0 Å². The molecule has 1 aromatic carbocycles. The fourth-order valence-corrected chi connectivity index (χ4v) is 3.85. The third kappa shape index (κ3) is 3.34. The van der Waals surface area contributed by atoms with Gasteiger partial charge in [0.25, 0.3) is 0 Å². The number of rotatable bonds is 4. The van der Waals surface area contributed by atoms with Gasteiger partial charge in [-0.15, -0.1) is 11.3 Å². The van der Waals surface area contributed by atoms with Crippen molar-refractivity contribution < 1.29 is 4.79 Å². The van der Waals surface area contributed by atoms with Crippen LogP contribution >= 0.6 is 11.3 Å². The van der Waals surface area contributed by atoms with Gasteiger partial charge in [0.15, 0.2) is 4.96 Å². The summed E-state index contributed by atoms with van der Waals surface area (Å²) in [6.45, 7) is 2.05. The van der Waals surface area contributed by atoms with Crippen molar-refractivity contribution in [3.63, 3.8) is 0 Å². The number of carbonyl (C=O) groups is 1. The molecule has 2 N–H and O–H groups in total. The molecular formula is C18H20N4OS. The smallest absolute Gasteiger partial charge is 0.224 e. The van der Waals surface area contributed by atoms with Crippen LogP contribution in [0.5, 0.6) is 0 Å². The van der Waals surface area contributed by atoms with E-state index in [1.54, 1.807) is 11.3 Å². The van der Waals surface area contributed by atoms with Crippen molar-refractivity contribution in [3.8, 4) is 11.3 Å². The Hall–Kier alpha value is -2.18. The lowest BCUT2D eigenvalue weighted by atomic mass is 9.94. The minimum Gasteiger partial charge on any atom is -0.326 e. The molecule has 0 unspecified atom stereocenters. The number of carbonyl (C=O) groups excluding carboxylic acids is 1. The van der Waals surface area contributed by atoms with E-state index in [0.29, 0.717) is 12.3 Å². The zero-order valence-corrected chi connectivity index (χ0v) is 14.2. The Morgan fingerprint density at radius 2 is 2.08 bits per heavy atom. The number of nitrogens with one attached hydrogen (secondary N) is 2. The van der Waals surface area contributed by atoms with Crippen LogP contribution in [-0.4, -0.2) is 28.4 Å². The standard InChI is InChI=1S/C18H20N4OS/c23-17(11-13-5-7-19-8-6-13)20-15-3-1-14(2-4-15)16-12-22-9-10-24-18(22)21-16/h1-4,9-10,12-13,19H,5-8,11H2,(H,20,23). The SMILES string of the molecule is O=C(CC1CCNCC1)Nc1ccc(-c2cn3ccsc3n2)cc1. The monoisotopic (exact) mass is 340 g/mol. The van der Waals surface area contributed by atoms with E-state index in [0.717, 1.165) is 47.8 Å². The van der Waals surface area contributed by atoms with Gasteiger partial charge in [-0.2, -0.15) is 0 Å². The Kier molecular flexibility index (Phi) is 4.32. The predicted molar refractivity (Wildman–Crippen MR) is 97.3 cm³/mol. The lowest BCUT2D eigenvalue weighted by Gasteiger charge is -2.21. The number of amides is 1. The maximum atomic E-state index is 12.2. The van der Waals surface area contributed by atoms with Crippen molar-refractivity contribution in [3.05, 3.63) is 42.0 Å². The van der Waals surface area contributed by atoms with Gasteiger partial charge in [0.2, 0.25) is 5.91 Å². The summed E-state index contributed by atoms with van der Waals surface area (Å²) in [5.74, 6) is 0.612. The Labute approximate surface area is 144 Å². The molecule has 4 rings (SSSR count). The Morgan fingerprint density at radius 3 is 2.83 bits per heavy atom. The minimum absolute atomic E-state index is 0.108. The van der Waals surface area contributed by atoms with Gasteiger partial charge in [-0.25, -0.2) is 4.98 Å². The number of fused-ring (bicyclic) bond motifs is 1. The first-order valence-electron chi connectivity index (χ1n) is 8.31. The number of aromatic nitrogens is 2. The number of piperidine rings is 1. The molecule has 0 saturated carbocycles. The zero-order valence-electron chi connectivity index (χ0n) is 13.4. The molecule has 2 aromatic heterocycles. The topological polar surface area (TPSA) is 58.4 Å². The summed E-state index contributed by atoms with van der Waals surface area (Å²) in [5, 5.41) is 8.36. The van der Waals surface area contributed by atoms with Crippen LogP contribution in [0.4, 0.5) is 5.69 Å². The largest absolute Gasteiger partial charge is 0.326 e. The van der Waals surface area contributed by atoms with E-state index in [1.807, 2.05) is 46.4 Å². The maximum Gasteiger partial charge on any atom is 0.224 e. The molecule has 1 aliphatic heterocycles. The van der Waals surface area contributed by atoms with Crippen LogP contribution in [0.25, 0.3) is 16.2 Å². The molecule has 5 nitrogen and oxygen atoms in total. The van der Waals surface area contributed by atoms with Crippen LogP contribution in [0, 0.1) is 5.92 Å². The number of nitrogens with zero attached hydrogens (tertiary/aromatic N) is 2. The second kappa shape index (κ2) is 6.75. The van der Waals surface area contributed by atoms with Gasteiger partial charge in [-0.1, -0.05) is 12.1 Å². The van der Waals surface area contributed by atoms with Gasteiger partial charge < -0.3 is 10.6 Å². The summed E-state index contributed by atoms with van der Waals surface area (Å²) < 4.78 is 2.02. The second-order valence-corrected chi connectivity index (χ2v) is 7.12. The summed E-state index contributed by atoms with van der Waals surface area (Å²) >= 11 is 1.62. The molecular weight excluding hydrogens is 320 g/mol. The molecule has 0 radical (unpaired) electrons. The first-order valence-corrected chi connectivity index (χ1v) is 9.19. The van der Waals surface area contributed by atoms with Crippen molar-refractivity contribution >= 4 is 27.9 Å². The van der Waals surface area contributed by atoms with E-state index in [9.17, 15) is 4.79 Å². The van der Waals surface area contributed by atoms with Crippen molar-refractivity contribution in [2.45, 2.75) is 19.3 Å². The van der Waals surface area contributed by atoms with E-state index >= 15 is 0 Å². The fourth-order valence-electron chi connectivity index (χ4n) is 3.15.